The SMILES string of the molecule is COC1CN(S(=O)(=O)N(C)CCCNC2CC2)CCC1C. The van der Waals surface area contributed by atoms with Gasteiger partial charge in [-0.15, -0.1) is 0 Å². The molecule has 0 aromatic heterocycles. The molecule has 1 saturated heterocycles. The van der Waals surface area contributed by atoms with Crippen LogP contribution in [-0.2, 0) is 14.9 Å². The van der Waals surface area contributed by atoms with Crippen LogP contribution in [0.2, 0.25) is 0 Å². The highest BCUT2D eigenvalue weighted by atomic mass is 32.2. The highest BCUT2D eigenvalue weighted by molar-refractivity contribution is 7.86. The molecule has 1 heterocycles. The van der Waals surface area contributed by atoms with Crippen LogP contribution in [0.25, 0.3) is 0 Å². The molecular formula is C14H29N3O3S. The van der Waals surface area contributed by atoms with Gasteiger partial charge in [0.05, 0.1) is 6.10 Å². The third-order valence-electron chi connectivity index (χ3n) is 4.54. The van der Waals surface area contributed by atoms with Gasteiger partial charge in [0, 0.05) is 39.8 Å². The summed E-state index contributed by atoms with van der Waals surface area (Å²) in [6.07, 6.45) is 4.23. The monoisotopic (exact) mass is 319 g/mol. The Hall–Kier alpha value is -0.210. The number of piperidine rings is 1. The number of methoxy groups -OCH3 is 1. The zero-order chi connectivity index (χ0) is 15.5. The summed E-state index contributed by atoms with van der Waals surface area (Å²) in [4.78, 5) is 0. The molecule has 1 saturated carbocycles. The van der Waals surface area contributed by atoms with E-state index in [0.29, 0.717) is 31.6 Å². The van der Waals surface area contributed by atoms with E-state index in [-0.39, 0.29) is 6.10 Å². The predicted octanol–water partition coefficient (Wildman–Crippen LogP) is 0.662. The molecule has 2 aliphatic rings. The minimum atomic E-state index is -3.35. The fourth-order valence-electron chi connectivity index (χ4n) is 2.73. The Morgan fingerprint density at radius 2 is 2.05 bits per heavy atom. The summed E-state index contributed by atoms with van der Waals surface area (Å²) in [6.45, 7) is 4.62. The van der Waals surface area contributed by atoms with Gasteiger partial charge in [-0.05, 0) is 38.1 Å². The smallest absolute Gasteiger partial charge is 0.281 e. The van der Waals surface area contributed by atoms with Gasteiger partial charge in [0.25, 0.3) is 10.2 Å². The lowest BCUT2D eigenvalue weighted by molar-refractivity contribution is 0.0170. The molecule has 0 aromatic rings. The van der Waals surface area contributed by atoms with Crippen LogP contribution < -0.4 is 5.32 Å². The Balaban J connectivity index is 1.80. The molecule has 6 nitrogen and oxygen atoms in total. The van der Waals surface area contributed by atoms with E-state index in [1.165, 1.54) is 17.1 Å². The number of nitrogens with zero attached hydrogens (tertiary/aromatic N) is 2. The van der Waals surface area contributed by atoms with Crippen LogP contribution >= 0.6 is 0 Å². The Labute approximate surface area is 129 Å². The van der Waals surface area contributed by atoms with Gasteiger partial charge in [0.15, 0.2) is 0 Å². The van der Waals surface area contributed by atoms with E-state index >= 15 is 0 Å². The van der Waals surface area contributed by atoms with E-state index < -0.39 is 10.2 Å². The average Bonchev–Trinajstić information content (AvgIpc) is 3.27. The van der Waals surface area contributed by atoms with E-state index in [4.69, 9.17) is 4.74 Å². The number of rotatable bonds is 8. The van der Waals surface area contributed by atoms with E-state index in [2.05, 4.69) is 12.2 Å². The highest BCUT2D eigenvalue weighted by Crippen LogP contribution is 2.23. The van der Waals surface area contributed by atoms with Gasteiger partial charge in [-0.25, -0.2) is 0 Å². The second-order valence-corrected chi connectivity index (χ2v) is 8.34. The number of ether oxygens (including phenoxy) is 1. The maximum Gasteiger partial charge on any atom is 0.281 e. The molecule has 1 aliphatic heterocycles. The van der Waals surface area contributed by atoms with E-state index in [1.807, 2.05) is 0 Å². The molecular weight excluding hydrogens is 290 g/mol. The summed E-state index contributed by atoms with van der Waals surface area (Å²) in [5, 5.41) is 3.41. The van der Waals surface area contributed by atoms with Crippen molar-refractivity contribution < 1.29 is 13.2 Å². The quantitative estimate of drug-likeness (QED) is 0.668. The van der Waals surface area contributed by atoms with Crippen LogP contribution in [0.3, 0.4) is 0 Å². The number of hydrogen-bond acceptors (Lipinski definition) is 4. The molecule has 0 amide bonds. The van der Waals surface area contributed by atoms with Crippen molar-refractivity contribution in [2.45, 2.75) is 44.8 Å². The summed E-state index contributed by atoms with van der Waals surface area (Å²) in [5.41, 5.74) is 0. The van der Waals surface area contributed by atoms with Gasteiger partial charge in [0.1, 0.15) is 0 Å². The molecule has 7 heteroatoms. The van der Waals surface area contributed by atoms with Crippen LogP contribution in [0.1, 0.15) is 32.6 Å². The van der Waals surface area contributed by atoms with Crippen LogP contribution in [-0.4, -0.2) is 69.5 Å². The fraction of sp³-hybridized carbons (Fsp3) is 1.00. The number of nitrogens with one attached hydrogen (secondary N) is 1. The van der Waals surface area contributed by atoms with Crippen molar-refractivity contribution in [2.24, 2.45) is 5.92 Å². The second-order valence-electron chi connectivity index (χ2n) is 6.31. The first kappa shape index (κ1) is 17.1. The zero-order valence-electron chi connectivity index (χ0n) is 13.4. The lowest BCUT2D eigenvalue weighted by atomic mass is 9.97. The van der Waals surface area contributed by atoms with Gasteiger partial charge < -0.3 is 10.1 Å². The fourth-order valence-corrected chi connectivity index (χ4v) is 4.16. The first-order chi connectivity index (χ1) is 9.95. The van der Waals surface area contributed by atoms with Crippen molar-refractivity contribution in [3.05, 3.63) is 0 Å². The molecule has 21 heavy (non-hydrogen) atoms. The molecule has 0 aromatic carbocycles. The van der Waals surface area contributed by atoms with Crippen LogP contribution in [0.4, 0.5) is 0 Å². The van der Waals surface area contributed by atoms with Crippen LogP contribution in [0.15, 0.2) is 0 Å². The maximum absolute atomic E-state index is 12.6. The molecule has 0 radical (unpaired) electrons. The van der Waals surface area contributed by atoms with Gasteiger partial charge >= 0.3 is 0 Å². The first-order valence-corrected chi connectivity index (χ1v) is 9.32. The van der Waals surface area contributed by atoms with Crippen molar-refractivity contribution in [3.63, 3.8) is 0 Å². The summed E-state index contributed by atoms with van der Waals surface area (Å²) < 4.78 is 33.6. The van der Waals surface area contributed by atoms with Gasteiger partial charge in [-0.2, -0.15) is 17.0 Å². The normalized spacial score (nSPS) is 28.2. The third kappa shape index (κ3) is 4.63. The Morgan fingerprint density at radius 1 is 1.33 bits per heavy atom. The van der Waals surface area contributed by atoms with Crippen molar-refractivity contribution in [1.29, 1.82) is 0 Å². The lowest BCUT2D eigenvalue weighted by Crippen LogP contribution is -2.51. The molecule has 0 bridgehead atoms. The van der Waals surface area contributed by atoms with Crippen molar-refractivity contribution in [1.82, 2.24) is 13.9 Å². The lowest BCUT2D eigenvalue weighted by Gasteiger charge is -2.37. The largest absolute Gasteiger partial charge is 0.380 e. The second kappa shape index (κ2) is 7.37. The first-order valence-electron chi connectivity index (χ1n) is 7.92. The number of hydrogen-bond donors (Lipinski definition) is 1. The minimum absolute atomic E-state index is 0.00143. The summed E-state index contributed by atoms with van der Waals surface area (Å²) in [6, 6.07) is 0.679. The van der Waals surface area contributed by atoms with Crippen molar-refractivity contribution in [2.75, 3.05) is 40.3 Å². The average molecular weight is 319 g/mol. The van der Waals surface area contributed by atoms with Crippen LogP contribution in [0.5, 0.6) is 0 Å². The van der Waals surface area contributed by atoms with Gasteiger partial charge in [-0.1, -0.05) is 6.92 Å². The van der Waals surface area contributed by atoms with Gasteiger partial charge in [-0.3, -0.25) is 0 Å². The predicted molar refractivity (Wildman–Crippen MR) is 83.3 cm³/mol. The molecule has 2 atom stereocenters. The van der Waals surface area contributed by atoms with E-state index in [0.717, 1.165) is 19.4 Å². The van der Waals surface area contributed by atoms with Crippen molar-refractivity contribution >= 4 is 10.2 Å². The topological polar surface area (TPSA) is 61.9 Å². The van der Waals surface area contributed by atoms with E-state index in [1.54, 1.807) is 18.5 Å². The Bertz CT molecular complexity index is 425. The van der Waals surface area contributed by atoms with Crippen LogP contribution in [0, 0.1) is 5.92 Å². The summed E-state index contributed by atoms with van der Waals surface area (Å²) in [7, 11) is -0.0245. The molecule has 2 rings (SSSR count). The third-order valence-corrected chi connectivity index (χ3v) is 6.49. The molecule has 2 unspecified atom stereocenters. The Kier molecular flexibility index (Phi) is 6.02. The zero-order valence-corrected chi connectivity index (χ0v) is 14.2. The standard InChI is InChI=1S/C14H29N3O3S/c1-12-7-10-17(11-14(12)20-3)21(18,19)16(2)9-4-8-15-13-5-6-13/h12-15H,4-11H2,1-3H3. The molecule has 1 aliphatic carbocycles. The summed E-state index contributed by atoms with van der Waals surface area (Å²) in [5.74, 6) is 0.412. The van der Waals surface area contributed by atoms with Gasteiger partial charge in [0.2, 0.25) is 0 Å². The minimum Gasteiger partial charge on any atom is -0.380 e. The summed E-state index contributed by atoms with van der Waals surface area (Å²) >= 11 is 0. The highest BCUT2D eigenvalue weighted by Gasteiger charge is 2.34. The Morgan fingerprint density at radius 3 is 2.67 bits per heavy atom. The maximum atomic E-state index is 12.6. The van der Waals surface area contributed by atoms with Crippen molar-refractivity contribution in [3.8, 4) is 0 Å². The molecule has 2 fully saturated rings. The molecule has 0 spiro atoms. The molecule has 124 valence electrons. The van der Waals surface area contributed by atoms with E-state index in [9.17, 15) is 8.42 Å². The molecule has 1 N–H and O–H groups in total.